The minimum Gasteiger partial charge on any atom is -0.395 e. The number of aliphatic hydroxyl groups excluding tert-OH is 1. The first-order valence-corrected chi connectivity index (χ1v) is 2.87. The molecule has 0 unspecified atom stereocenters. The molecule has 0 aromatic heterocycles. The van der Waals surface area contributed by atoms with E-state index in [0.717, 1.165) is 6.42 Å². The normalized spacial score (nSPS) is 9.75. The lowest BCUT2D eigenvalue weighted by atomic mass is 10.5. The summed E-state index contributed by atoms with van der Waals surface area (Å²) in [6.07, 6.45) is 0.998. The summed E-state index contributed by atoms with van der Waals surface area (Å²) in [6.45, 7) is 3.38. The molecule has 50 valence electrons. The summed E-state index contributed by atoms with van der Waals surface area (Å²) in [5.74, 6) is 0. The maximum absolute atomic E-state index is 8.22. The Morgan fingerprint density at radius 3 is 2.88 bits per heavy atom. The van der Waals surface area contributed by atoms with Gasteiger partial charge < -0.3 is 9.94 Å². The van der Waals surface area contributed by atoms with Gasteiger partial charge in [-0.1, -0.05) is 6.92 Å². The van der Waals surface area contributed by atoms with E-state index in [9.17, 15) is 0 Å². The van der Waals surface area contributed by atoms with Gasteiger partial charge in [0.25, 0.3) is 0 Å². The molecule has 3 heteroatoms. The van der Waals surface area contributed by atoms with Gasteiger partial charge in [0.2, 0.25) is 0 Å². The molecule has 0 aliphatic heterocycles. The first kappa shape index (κ1) is 7.88. The largest absolute Gasteiger partial charge is 0.395 e. The van der Waals surface area contributed by atoms with Gasteiger partial charge in [-0.25, -0.2) is 5.48 Å². The highest BCUT2D eigenvalue weighted by molar-refractivity contribution is 4.26. The van der Waals surface area contributed by atoms with E-state index in [1.165, 1.54) is 0 Å². The van der Waals surface area contributed by atoms with Crippen LogP contribution in [0.15, 0.2) is 0 Å². The molecule has 0 atom stereocenters. The Balaban J connectivity index is 2.53. The molecule has 0 bridgehead atoms. The Labute approximate surface area is 49.6 Å². The maximum atomic E-state index is 8.22. The lowest BCUT2D eigenvalue weighted by Crippen LogP contribution is -2.18. The number of hydrogen-bond acceptors (Lipinski definition) is 3. The fraction of sp³-hybridized carbons (Fsp3) is 1.00. The van der Waals surface area contributed by atoms with Gasteiger partial charge >= 0.3 is 0 Å². The molecule has 0 heterocycles. The van der Waals surface area contributed by atoms with Crippen LogP contribution in [0.1, 0.15) is 13.3 Å². The highest BCUT2D eigenvalue weighted by Gasteiger charge is 1.80. The zero-order valence-corrected chi connectivity index (χ0v) is 5.18. The Morgan fingerprint density at radius 2 is 2.38 bits per heavy atom. The molecule has 0 saturated heterocycles. The van der Waals surface area contributed by atoms with Crippen molar-refractivity contribution in [3.8, 4) is 0 Å². The number of nitrogens with one attached hydrogen (secondary N) is 1. The monoisotopic (exact) mass is 119 g/mol. The van der Waals surface area contributed by atoms with Crippen molar-refractivity contribution in [1.29, 1.82) is 0 Å². The van der Waals surface area contributed by atoms with E-state index in [4.69, 9.17) is 9.94 Å². The Hall–Kier alpha value is -0.120. The standard InChI is InChI=1S/C5H13NO2/c1-2-5-8-6-3-4-7/h6-7H,2-5H2,1H3. The van der Waals surface area contributed by atoms with Gasteiger partial charge in [0, 0.05) is 6.54 Å². The predicted octanol–water partition coefficient (Wildman–Crippen LogP) is -0.0901. The van der Waals surface area contributed by atoms with Crippen LogP contribution >= 0.6 is 0 Å². The third kappa shape index (κ3) is 5.88. The van der Waals surface area contributed by atoms with Gasteiger partial charge in [-0.3, -0.25) is 0 Å². The van der Waals surface area contributed by atoms with E-state index in [2.05, 4.69) is 5.48 Å². The molecule has 0 fully saturated rings. The topological polar surface area (TPSA) is 41.5 Å². The van der Waals surface area contributed by atoms with E-state index in [1.807, 2.05) is 6.92 Å². The second kappa shape index (κ2) is 6.88. The van der Waals surface area contributed by atoms with Crippen LogP contribution in [0.25, 0.3) is 0 Å². The molecule has 2 N–H and O–H groups in total. The Morgan fingerprint density at radius 1 is 1.62 bits per heavy atom. The van der Waals surface area contributed by atoms with Crippen molar-refractivity contribution in [3.05, 3.63) is 0 Å². The van der Waals surface area contributed by atoms with Gasteiger partial charge in [0.1, 0.15) is 0 Å². The van der Waals surface area contributed by atoms with Gasteiger partial charge in [0.05, 0.1) is 13.2 Å². The number of aliphatic hydroxyl groups is 1. The molecule has 0 aromatic rings. The lowest BCUT2D eigenvalue weighted by Gasteiger charge is -1.99. The SMILES string of the molecule is CCCONCCO. The fourth-order valence-electron chi connectivity index (χ4n) is 0.292. The quantitative estimate of drug-likeness (QED) is 0.392. The fourth-order valence-corrected chi connectivity index (χ4v) is 0.292. The summed E-state index contributed by atoms with van der Waals surface area (Å²) >= 11 is 0. The first-order chi connectivity index (χ1) is 3.91. The van der Waals surface area contributed by atoms with Gasteiger partial charge in [-0.15, -0.1) is 0 Å². The maximum Gasteiger partial charge on any atom is 0.0679 e. The van der Waals surface area contributed by atoms with E-state index in [0.29, 0.717) is 13.2 Å². The van der Waals surface area contributed by atoms with Crippen LogP contribution in [-0.2, 0) is 4.84 Å². The summed E-state index contributed by atoms with van der Waals surface area (Å²) in [5.41, 5.74) is 2.59. The van der Waals surface area contributed by atoms with Crippen LogP contribution in [0.4, 0.5) is 0 Å². The van der Waals surface area contributed by atoms with Gasteiger partial charge in [-0.05, 0) is 6.42 Å². The van der Waals surface area contributed by atoms with Crippen LogP contribution in [0, 0.1) is 0 Å². The summed E-state index contributed by atoms with van der Waals surface area (Å²) in [6, 6.07) is 0. The highest BCUT2D eigenvalue weighted by atomic mass is 16.6. The molecule has 0 rings (SSSR count). The average Bonchev–Trinajstić information content (AvgIpc) is 1.81. The van der Waals surface area contributed by atoms with Crippen LogP contribution in [0.5, 0.6) is 0 Å². The highest BCUT2D eigenvalue weighted by Crippen LogP contribution is 1.72. The van der Waals surface area contributed by atoms with E-state index < -0.39 is 0 Å². The first-order valence-electron chi connectivity index (χ1n) is 2.87. The summed E-state index contributed by atoms with van der Waals surface area (Å²) in [7, 11) is 0. The summed E-state index contributed by atoms with van der Waals surface area (Å²) < 4.78 is 0. The van der Waals surface area contributed by atoms with Crippen molar-refractivity contribution >= 4 is 0 Å². The van der Waals surface area contributed by atoms with Crippen molar-refractivity contribution in [2.24, 2.45) is 0 Å². The molecule has 0 radical (unpaired) electrons. The minimum absolute atomic E-state index is 0.129. The Bertz CT molecular complexity index is 35.4. The molecule has 0 spiro atoms. The third-order valence-electron chi connectivity index (χ3n) is 0.622. The second-order valence-electron chi connectivity index (χ2n) is 1.47. The minimum atomic E-state index is 0.129. The zero-order valence-electron chi connectivity index (χ0n) is 5.18. The van der Waals surface area contributed by atoms with Crippen molar-refractivity contribution < 1.29 is 9.94 Å². The van der Waals surface area contributed by atoms with Crippen LogP contribution in [-0.4, -0.2) is 24.9 Å². The molecule has 0 aliphatic rings. The van der Waals surface area contributed by atoms with Crippen LogP contribution < -0.4 is 5.48 Å². The summed E-state index contributed by atoms with van der Waals surface area (Å²) in [4.78, 5) is 4.81. The molecule has 3 nitrogen and oxygen atoms in total. The van der Waals surface area contributed by atoms with E-state index in [1.54, 1.807) is 0 Å². The molecule has 8 heavy (non-hydrogen) atoms. The smallest absolute Gasteiger partial charge is 0.0679 e. The van der Waals surface area contributed by atoms with Crippen molar-refractivity contribution in [3.63, 3.8) is 0 Å². The van der Waals surface area contributed by atoms with Crippen LogP contribution in [0.2, 0.25) is 0 Å². The Kier molecular flexibility index (Phi) is 6.78. The van der Waals surface area contributed by atoms with Crippen molar-refractivity contribution in [2.45, 2.75) is 13.3 Å². The third-order valence-corrected chi connectivity index (χ3v) is 0.622. The molecular weight excluding hydrogens is 106 g/mol. The van der Waals surface area contributed by atoms with E-state index >= 15 is 0 Å². The zero-order chi connectivity index (χ0) is 6.24. The van der Waals surface area contributed by atoms with E-state index in [-0.39, 0.29) is 6.61 Å². The van der Waals surface area contributed by atoms with Crippen molar-refractivity contribution in [2.75, 3.05) is 19.8 Å². The number of hydrogen-bond donors (Lipinski definition) is 2. The average molecular weight is 119 g/mol. The second-order valence-corrected chi connectivity index (χ2v) is 1.47. The molecular formula is C5H13NO2. The van der Waals surface area contributed by atoms with Gasteiger partial charge in [0.15, 0.2) is 0 Å². The molecule has 0 aliphatic carbocycles. The number of rotatable bonds is 5. The number of hydroxylamine groups is 1. The lowest BCUT2D eigenvalue weighted by molar-refractivity contribution is 0.0326. The molecule has 0 saturated carbocycles. The molecule has 0 amide bonds. The van der Waals surface area contributed by atoms with Crippen LogP contribution in [0.3, 0.4) is 0 Å². The predicted molar refractivity (Wildman–Crippen MR) is 31.3 cm³/mol. The van der Waals surface area contributed by atoms with Gasteiger partial charge in [-0.2, -0.15) is 0 Å². The van der Waals surface area contributed by atoms with Crippen molar-refractivity contribution in [1.82, 2.24) is 5.48 Å². The molecule has 0 aromatic carbocycles. The summed E-state index contributed by atoms with van der Waals surface area (Å²) in [5, 5.41) is 8.22.